The Morgan fingerprint density at radius 1 is 1.50 bits per heavy atom. The summed E-state index contributed by atoms with van der Waals surface area (Å²) in [4.78, 5) is 4.37. The van der Waals surface area contributed by atoms with Crippen molar-refractivity contribution >= 4 is 5.84 Å². The molecule has 2 aliphatic carbocycles. The smallest absolute Gasteiger partial charge is 0.0905 e. The largest absolute Gasteiger partial charge is 0.388 e. The first-order chi connectivity index (χ1) is 5.73. The van der Waals surface area contributed by atoms with E-state index in [1.807, 2.05) is 6.92 Å². The summed E-state index contributed by atoms with van der Waals surface area (Å²) in [6.45, 7) is 2.89. The fourth-order valence-electron chi connectivity index (χ4n) is 2.30. The highest BCUT2D eigenvalue weighted by atomic mass is 14.9. The first-order valence-corrected chi connectivity index (χ1v) is 4.99. The highest BCUT2D eigenvalue weighted by Crippen LogP contribution is 2.57. The molecule has 2 aliphatic rings. The fourth-order valence-corrected chi connectivity index (χ4v) is 2.30. The molecule has 0 saturated heterocycles. The molecule has 0 atom stereocenters. The Hall–Kier alpha value is -0.530. The third kappa shape index (κ3) is 1.35. The summed E-state index contributed by atoms with van der Waals surface area (Å²) in [5.41, 5.74) is 6.15. The average molecular weight is 166 g/mol. The molecule has 0 aromatic heterocycles. The summed E-state index contributed by atoms with van der Waals surface area (Å²) in [6, 6.07) is 0. The second-order valence-electron chi connectivity index (χ2n) is 4.45. The van der Waals surface area contributed by atoms with Crippen molar-refractivity contribution < 1.29 is 0 Å². The van der Waals surface area contributed by atoms with E-state index in [0.29, 0.717) is 5.41 Å². The second-order valence-corrected chi connectivity index (χ2v) is 4.45. The van der Waals surface area contributed by atoms with Crippen LogP contribution in [0.4, 0.5) is 0 Å². The van der Waals surface area contributed by atoms with Gasteiger partial charge in [-0.05, 0) is 43.9 Å². The number of amidine groups is 1. The van der Waals surface area contributed by atoms with Gasteiger partial charge in [-0.15, -0.1) is 0 Å². The summed E-state index contributed by atoms with van der Waals surface area (Å²) < 4.78 is 0. The predicted octanol–water partition coefficient (Wildman–Crippen LogP) is 1.94. The maximum Gasteiger partial charge on any atom is 0.0905 e. The Bertz CT molecular complexity index is 196. The van der Waals surface area contributed by atoms with E-state index in [2.05, 4.69) is 4.99 Å². The topological polar surface area (TPSA) is 38.4 Å². The molecule has 0 unspecified atom stereocenters. The van der Waals surface area contributed by atoms with E-state index >= 15 is 0 Å². The van der Waals surface area contributed by atoms with Gasteiger partial charge in [0.25, 0.3) is 0 Å². The van der Waals surface area contributed by atoms with Crippen molar-refractivity contribution in [2.24, 2.45) is 22.1 Å². The summed E-state index contributed by atoms with van der Waals surface area (Å²) in [6.07, 6.45) is 7.09. The van der Waals surface area contributed by atoms with Gasteiger partial charge in [0, 0.05) is 6.54 Å². The molecule has 2 saturated carbocycles. The first-order valence-electron chi connectivity index (χ1n) is 4.99. The summed E-state index contributed by atoms with van der Waals surface area (Å²) in [7, 11) is 0. The average Bonchev–Trinajstić information content (AvgIpc) is 2.67. The van der Waals surface area contributed by atoms with E-state index in [-0.39, 0.29) is 0 Å². The van der Waals surface area contributed by atoms with Crippen molar-refractivity contribution in [3.8, 4) is 0 Å². The number of hydrogen-bond acceptors (Lipinski definition) is 1. The molecular formula is C10H18N2. The Kier molecular flexibility index (Phi) is 1.85. The van der Waals surface area contributed by atoms with Crippen LogP contribution in [0, 0.1) is 11.3 Å². The lowest BCUT2D eigenvalue weighted by Crippen LogP contribution is -2.35. The van der Waals surface area contributed by atoms with Crippen LogP contribution >= 0.6 is 0 Å². The maximum absolute atomic E-state index is 5.55. The van der Waals surface area contributed by atoms with E-state index in [1.165, 1.54) is 32.1 Å². The van der Waals surface area contributed by atoms with Gasteiger partial charge < -0.3 is 5.73 Å². The second kappa shape index (κ2) is 2.75. The molecule has 0 heterocycles. The molecule has 0 aliphatic heterocycles. The van der Waals surface area contributed by atoms with Crippen molar-refractivity contribution in [2.45, 2.75) is 39.0 Å². The number of nitrogens with two attached hydrogens (primary N) is 1. The van der Waals surface area contributed by atoms with Gasteiger partial charge in [0.15, 0.2) is 0 Å². The lowest BCUT2D eigenvalue weighted by atomic mass is 9.65. The van der Waals surface area contributed by atoms with Gasteiger partial charge in [-0.25, -0.2) is 0 Å². The molecule has 0 aromatic carbocycles. The van der Waals surface area contributed by atoms with E-state index in [0.717, 1.165) is 18.3 Å². The highest BCUT2D eigenvalue weighted by molar-refractivity contribution is 5.77. The van der Waals surface area contributed by atoms with Crippen molar-refractivity contribution in [1.29, 1.82) is 0 Å². The summed E-state index contributed by atoms with van der Waals surface area (Å²) in [5.74, 6) is 1.75. The van der Waals surface area contributed by atoms with Crippen LogP contribution in [-0.4, -0.2) is 12.4 Å². The van der Waals surface area contributed by atoms with Crippen molar-refractivity contribution in [3.05, 3.63) is 0 Å². The predicted molar refractivity (Wildman–Crippen MR) is 51.2 cm³/mol. The lowest BCUT2D eigenvalue weighted by Gasteiger charge is -2.41. The zero-order chi connectivity index (χ0) is 8.60. The van der Waals surface area contributed by atoms with Gasteiger partial charge in [-0.3, -0.25) is 4.99 Å². The molecule has 2 nitrogen and oxygen atoms in total. The van der Waals surface area contributed by atoms with Crippen LogP contribution in [0.15, 0.2) is 4.99 Å². The molecule has 2 rings (SSSR count). The maximum atomic E-state index is 5.55. The molecule has 0 aromatic rings. The molecule has 0 spiro atoms. The summed E-state index contributed by atoms with van der Waals surface area (Å²) in [5, 5.41) is 0. The Morgan fingerprint density at radius 3 is 2.50 bits per heavy atom. The highest BCUT2D eigenvalue weighted by Gasteiger charge is 2.48. The number of aliphatic imine (C=N–C) groups is 1. The molecule has 0 amide bonds. The Labute approximate surface area is 74.2 Å². The van der Waals surface area contributed by atoms with Crippen LogP contribution in [0.2, 0.25) is 0 Å². The monoisotopic (exact) mass is 166 g/mol. The Balaban J connectivity index is 1.93. The van der Waals surface area contributed by atoms with Crippen LogP contribution < -0.4 is 5.73 Å². The molecule has 2 N–H and O–H groups in total. The molecule has 0 radical (unpaired) electrons. The quantitative estimate of drug-likeness (QED) is 0.505. The standard InChI is InChI=1S/C10H18N2/c1-8(11)12-7-10(5-2-6-10)9-3-4-9/h9H,2-7H2,1H3,(H2,11,12). The van der Waals surface area contributed by atoms with Gasteiger partial charge in [0.2, 0.25) is 0 Å². The minimum atomic E-state index is 0.598. The minimum absolute atomic E-state index is 0.598. The Morgan fingerprint density at radius 2 is 2.17 bits per heavy atom. The van der Waals surface area contributed by atoms with E-state index in [1.54, 1.807) is 0 Å². The van der Waals surface area contributed by atoms with Crippen LogP contribution in [-0.2, 0) is 0 Å². The van der Waals surface area contributed by atoms with Gasteiger partial charge in [-0.2, -0.15) is 0 Å². The SMILES string of the molecule is CC(N)=NCC1(C2CC2)CCC1. The lowest BCUT2D eigenvalue weighted by molar-refractivity contribution is 0.113. The number of rotatable bonds is 3. The third-order valence-corrected chi connectivity index (χ3v) is 3.44. The summed E-state index contributed by atoms with van der Waals surface area (Å²) >= 11 is 0. The normalized spacial score (nSPS) is 28.2. The van der Waals surface area contributed by atoms with Crippen LogP contribution in [0.25, 0.3) is 0 Å². The fraction of sp³-hybridized carbons (Fsp3) is 0.900. The third-order valence-electron chi connectivity index (χ3n) is 3.44. The molecular weight excluding hydrogens is 148 g/mol. The van der Waals surface area contributed by atoms with Gasteiger partial charge in [0.1, 0.15) is 0 Å². The van der Waals surface area contributed by atoms with E-state index < -0.39 is 0 Å². The van der Waals surface area contributed by atoms with Gasteiger partial charge >= 0.3 is 0 Å². The molecule has 2 fully saturated rings. The van der Waals surface area contributed by atoms with Crippen molar-refractivity contribution in [2.75, 3.05) is 6.54 Å². The molecule has 0 bridgehead atoms. The van der Waals surface area contributed by atoms with Crippen molar-refractivity contribution in [3.63, 3.8) is 0 Å². The minimum Gasteiger partial charge on any atom is -0.388 e. The van der Waals surface area contributed by atoms with Crippen LogP contribution in [0.3, 0.4) is 0 Å². The number of nitrogens with zero attached hydrogens (tertiary/aromatic N) is 1. The van der Waals surface area contributed by atoms with Crippen molar-refractivity contribution in [1.82, 2.24) is 0 Å². The number of hydrogen-bond donors (Lipinski definition) is 1. The van der Waals surface area contributed by atoms with Crippen LogP contribution in [0.5, 0.6) is 0 Å². The zero-order valence-electron chi connectivity index (χ0n) is 7.84. The van der Waals surface area contributed by atoms with E-state index in [9.17, 15) is 0 Å². The van der Waals surface area contributed by atoms with Gasteiger partial charge in [-0.1, -0.05) is 6.42 Å². The zero-order valence-corrected chi connectivity index (χ0v) is 7.84. The molecule has 68 valence electrons. The van der Waals surface area contributed by atoms with Crippen LogP contribution in [0.1, 0.15) is 39.0 Å². The van der Waals surface area contributed by atoms with Gasteiger partial charge in [0.05, 0.1) is 5.84 Å². The van der Waals surface area contributed by atoms with E-state index in [4.69, 9.17) is 5.73 Å². The molecule has 12 heavy (non-hydrogen) atoms. The molecule has 2 heteroatoms. The first kappa shape index (κ1) is 8.09.